The van der Waals surface area contributed by atoms with Crippen LogP contribution in [-0.4, -0.2) is 16.5 Å². The lowest BCUT2D eigenvalue weighted by Crippen LogP contribution is -2.17. The van der Waals surface area contributed by atoms with E-state index >= 15 is 0 Å². The molecule has 0 spiro atoms. The zero-order chi connectivity index (χ0) is 13.3. The van der Waals surface area contributed by atoms with Gasteiger partial charge in [0.2, 0.25) is 5.82 Å². The Morgan fingerprint density at radius 2 is 2.11 bits per heavy atom. The number of nitrogens with zero attached hydrogens (tertiary/aromatic N) is 2. The van der Waals surface area contributed by atoms with Crippen molar-refractivity contribution in [1.82, 2.24) is 9.97 Å². The highest BCUT2D eigenvalue weighted by Gasteiger charge is 2.35. The van der Waals surface area contributed by atoms with Crippen molar-refractivity contribution in [3.63, 3.8) is 0 Å². The van der Waals surface area contributed by atoms with Gasteiger partial charge in [-0.2, -0.15) is 13.2 Å². The van der Waals surface area contributed by atoms with Gasteiger partial charge in [0, 0.05) is 12.6 Å². The first-order chi connectivity index (χ1) is 8.36. The molecule has 0 bridgehead atoms. The number of nitrogens with two attached hydrogens (primary N) is 1. The quantitative estimate of drug-likeness (QED) is 0.873. The molecule has 1 fully saturated rings. The number of hydrogen-bond donors (Lipinski definition) is 2. The molecule has 0 saturated heterocycles. The van der Waals surface area contributed by atoms with E-state index in [0.29, 0.717) is 18.4 Å². The Morgan fingerprint density at radius 3 is 2.67 bits per heavy atom. The van der Waals surface area contributed by atoms with E-state index in [1.807, 2.05) is 0 Å². The number of nitrogen functional groups attached to an aromatic ring is 1. The van der Waals surface area contributed by atoms with E-state index in [-0.39, 0.29) is 11.6 Å². The fourth-order valence-corrected chi connectivity index (χ4v) is 1.78. The Balaban J connectivity index is 2.05. The Morgan fingerprint density at radius 1 is 1.44 bits per heavy atom. The predicted molar refractivity (Wildman–Crippen MR) is 61.8 cm³/mol. The maximum absolute atomic E-state index is 12.5. The van der Waals surface area contributed by atoms with Crippen molar-refractivity contribution in [2.45, 2.75) is 25.9 Å². The van der Waals surface area contributed by atoms with Crippen LogP contribution in [0.5, 0.6) is 0 Å². The lowest BCUT2D eigenvalue weighted by molar-refractivity contribution is -0.144. The van der Waals surface area contributed by atoms with Gasteiger partial charge in [-0.1, -0.05) is 6.92 Å². The largest absolute Gasteiger partial charge is 0.451 e. The van der Waals surface area contributed by atoms with Crippen molar-refractivity contribution in [1.29, 1.82) is 0 Å². The molecule has 2 rings (SSSR count). The van der Waals surface area contributed by atoms with E-state index in [4.69, 9.17) is 5.73 Å². The summed E-state index contributed by atoms with van der Waals surface area (Å²) in [5.74, 6) is -0.153. The van der Waals surface area contributed by atoms with E-state index < -0.39 is 12.0 Å². The normalized spacial score (nSPS) is 17.6. The highest BCUT2D eigenvalue weighted by molar-refractivity contribution is 5.44. The molecule has 100 valence electrons. The van der Waals surface area contributed by atoms with Gasteiger partial charge >= 0.3 is 6.18 Å². The molecule has 18 heavy (non-hydrogen) atoms. The maximum Gasteiger partial charge on any atom is 0.451 e. The Hall–Kier alpha value is -1.53. The molecule has 1 aliphatic carbocycles. The van der Waals surface area contributed by atoms with Crippen LogP contribution in [0.25, 0.3) is 0 Å². The van der Waals surface area contributed by atoms with Gasteiger partial charge in [-0.25, -0.2) is 9.97 Å². The number of alkyl halides is 3. The summed E-state index contributed by atoms with van der Waals surface area (Å²) in [6, 6.07) is 1.31. The van der Waals surface area contributed by atoms with E-state index in [9.17, 15) is 13.2 Å². The number of hydrogen-bond acceptors (Lipinski definition) is 4. The third-order valence-electron chi connectivity index (χ3n) is 3.03. The van der Waals surface area contributed by atoms with Gasteiger partial charge in [-0.3, -0.25) is 0 Å². The predicted octanol–water partition coefficient (Wildman–Crippen LogP) is 2.54. The van der Waals surface area contributed by atoms with E-state index in [1.165, 1.54) is 18.9 Å². The van der Waals surface area contributed by atoms with Gasteiger partial charge in [-0.15, -0.1) is 0 Å². The van der Waals surface area contributed by atoms with Gasteiger partial charge in [0.05, 0.1) is 0 Å². The van der Waals surface area contributed by atoms with Gasteiger partial charge in [-0.05, 0) is 24.7 Å². The van der Waals surface area contributed by atoms with E-state index in [0.717, 1.165) is 0 Å². The summed E-state index contributed by atoms with van der Waals surface area (Å²) in [5.41, 5.74) is 5.34. The molecule has 7 heteroatoms. The summed E-state index contributed by atoms with van der Waals surface area (Å²) < 4.78 is 37.4. The lowest BCUT2D eigenvalue weighted by Gasteiger charge is -2.13. The van der Waals surface area contributed by atoms with Crippen LogP contribution in [0, 0.1) is 11.8 Å². The topological polar surface area (TPSA) is 63.8 Å². The molecule has 1 heterocycles. The molecule has 1 unspecified atom stereocenters. The first-order valence-corrected chi connectivity index (χ1v) is 5.82. The second kappa shape index (κ2) is 4.62. The SMILES string of the molecule is CC(CNc1cc(N)nc(C(F)(F)F)n1)C1CC1. The summed E-state index contributed by atoms with van der Waals surface area (Å²) >= 11 is 0. The third kappa shape index (κ3) is 3.24. The minimum Gasteiger partial charge on any atom is -0.384 e. The molecular weight excluding hydrogens is 245 g/mol. The van der Waals surface area contributed by atoms with Gasteiger partial charge in [0.25, 0.3) is 0 Å². The maximum atomic E-state index is 12.5. The van der Waals surface area contributed by atoms with Crippen LogP contribution in [0.3, 0.4) is 0 Å². The minimum atomic E-state index is -4.58. The van der Waals surface area contributed by atoms with Crippen molar-refractivity contribution in [2.75, 3.05) is 17.6 Å². The average molecular weight is 260 g/mol. The monoisotopic (exact) mass is 260 g/mol. The van der Waals surface area contributed by atoms with Crippen LogP contribution in [0.1, 0.15) is 25.6 Å². The number of aromatic nitrogens is 2. The van der Waals surface area contributed by atoms with Crippen LogP contribution in [0.15, 0.2) is 6.07 Å². The lowest BCUT2D eigenvalue weighted by atomic mass is 10.1. The van der Waals surface area contributed by atoms with Crippen LogP contribution in [-0.2, 0) is 6.18 Å². The number of halogens is 3. The first-order valence-electron chi connectivity index (χ1n) is 5.82. The number of nitrogens with one attached hydrogen (secondary N) is 1. The molecule has 0 aliphatic heterocycles. The summed E-state index contributed by atoms with van der Waals surface area (Å²) in [6.07, 6.45) is -2.18. The van der Waals surface area contributed by atoms with Crippen LogP contribution in [0.4, 0.5) is 24.8 Å². The molecule has 1 atom stereocenters. The van der Waals surface area contributed by atoms with Crippen molar-refractivity contribution in [3.8, 4) is 0 Å². The van der Waals surface area contributed by atoms with Crippen molar-refractivity contribution < 1.29 is 13.2 Å². The van der Waals surface area contributed by atoms with E-state index in [1.54, 1.807) is 0 Å². The second-order valence-corrected chi connectivity index (χ2v) is 4.70. The van der Waals surface area contributed by atoms with E-state index in [2.05, 4.69) is 22.2 Å². The average Bonchev–Trinajstić information content (AvgIpc) is 3.07. The Kier molecular flexibility index (Phi) is 3.32. The fourth-order valence-electron chi connectivity index (χ4n) is 1.78. The van der Waals surface area contributed by atoms with Gasteiger partial charge < -0.3 is 11.1 Å². The number of rotatable bonds is 4. The van der Waals surface area contributed by atoms with Crippen LogP contribution in [0.2, 0.25) is 0 Å². The molecule has 0 amide bonds. The fraction of sp³-hybridized carbons (Fsp3) is 0.636. The van der Waals surface area contributed by atoms with Crippen molar-refractivity contribution in [2.24, 2.45) is 11.8 Å². The van der Waals surface area contributed by atoms with Gasteiger partial charge in [0.15, 0.2) is 0 Å². The standard InChI is InChI=1S/C11H15F3N4/c1-6(7-2-3-7)5-16-9-4-8(15)17-10(18-9)11(12,13)14/h4,6-7H,2-3,5H2,1H3,(H3,15,16,17,18). The smallest absolute Gasteiger partial charge is 0.384 e. The summed E-state index contributed by atoms with van der Waals surface area (Å²) in [5, 5.41) is 2.89. The van der Waals surface area contributed by atoms with Gasteiger partial charge in [0.1, 0.15) is 11.6 Å². The molecule has 0 aromatic carbocycles. The third-order valence-corrected chi connectivity index (χ3v) is 3.03. The molecule has 1 aromatic heterocycles. The number of anilines is 2. The summed E-state index contributed by atoms with van der Waals surface area (Å²) in [4.78, 5) is 6.61. The zero-order valence-corrected chi connectivity index (χ0v) is 9.96. The summed E-state index contributed by atoms with van der Waals surface area (Å²) in [6.45, 7) is 2.66. The highest BCUT2D eigenvalue weighted by Crippen LogP contribution is 2.36. The Bertz CT molecular complexity index is 429. The molecule has 3 N–H and O–H groups in total. The highest BCUT2D eigenvalue weighted by atomic mass is 19.4. The van der Waals surface area contributed by atoms with Crippen molar-refractivity contribution >= 4 is 11.6 Å². The second-order valence-electron chi connectivity index (χ2n) is 4.70. The Labute approximate surface area is 103 Å². The van der Waals surface area contributed by atoms with Crippen LogP contribution < -0.4 is 11.1 Å². The van der Waals surface area contributed by atoms with Crippen molar-refractivity contribution in [3.05, 3.63) is 11.9 Å². The van der Waals surface area contributed by atoms with Crippen LogP contribution >= 0.6 is 0 Å². The molecule has 1 saturated carbocycles. The molecule has 1 aliphatic rings. The minimum absolute atomic E-state index is 0.127. The molecule has 1 aromatic rings. The zero-order valence-electron chi connectivity index (χ0n) is 9.96. The summed E-state index contributed by atoms with van der Waals surface area (Å²) in [7, 11) is 0. The molecular formula is C11H15F3N4. The molecule has 0 radical (unpaired) electrons. The first kappa shape index (κ1) is 12.9. The molecule has 4 nitrogen and oxygen atoms in total.